The number of hydrogen-bond acceptors (Lipinski definition) is 4. The number of nitrogens with one attached hydrogen (secondary N) is 2. The Balaban J connectivity index is 2.35. The number of aromatic nitrogens is 4. The third-order valence-electron chi connectivity index (χ3n) is 0.810. The van der Waals surface area contributed by atoms with Crippen LogP contribution in [0.25, 0.3) is 0 Å². The summed E-state index contributed by atoms with van der Waals surface area (Å²) in [5.74, 6) is 0.535. The van der Waals surface area contributed by atoms with Gasteiger partial charge in [-0.25, -0.2) is 0 Å². The van der Waals surface area contributed by atoms with Gasteiger partial charge in [0.05, 0.1) is 6.54 Å². The van der Waals surface area contributed by atoms with E-state index in [0.29, 0.717) is 12.4 Å². The molecule has 4 N–H and O–H groups in total. The predicted molar refractivity (Wildman–Crippen MR) is 37.8 cm³/mol. The average Bonchev–Trinajstić information content (AvgIpc) is 2.34. The van der Waals surface area contributed by atoms with Crippen molar-refractivity contribution in [1.29, 1.82) is 0 Å². The van der Waals surface area contributed by atoms with Gasteiger partial charge in [-0.3, -0.25) is 0 Å². The summed E-state index contributed by atoms with van der Waals surface area (Å²) in [6, 6.07) is 0. The highest BCUT2D eigenvalue weighted by Crippen LogP contribution is 1.79. The second kappa shape index (κ2) is 3.06. The van der Waals surface area contributed by atoms with Gasteiger partial charge < -0.3 is 11.1 Å². The Morgan fingerprint density at radius 2 is 2.60 bits per heavy atom. The zero-order valence-corrected chi connectivity index (χ0v) is 5.85. The van der Waals surface area contributed by atoms with Crippen molar-refractivity contribution in [3.05, 3.63) is 5.82 Å². The number of rotatable bonds is 2. The van der Waals surface area contributed by atoms with Crippen LogP contribution in [0.3, 0.4) is 0 Å². The summed E-state index contributed by atoms with van der Waals surface area (Å²) in [6.45, 7) is 0.409. The lowest BCUT2D eigenvalue weighted by Crippen LogP contribution is -2.28. The Morgan fingerprint density at radius 1 is 1.80 bits per heavy atom. The number of thiocarbonyl (C=S) groups is 1. The van der Waals surface area contributed by atoms with E-state index < -0.39 is 0 Å². The van der Waals surface area contributed by atoms with Crippen LogP contribution in [-0.2, 0) is 6.54 Å². The minimum atomic E-state index is 0.227. The number of nitrogens with two attached hydrogens (primary N) is 1. The van der Waals surface area contributed by atoms with E-state index in [1.165, 1.54) is 0 Å². The average molecular weight is 158 g/mol. The van der Waals surface area contributed by atoms with Gasteiger partial charge >= 0.3 is 0 Å². The van der Waals surface area contributed by atoms with Crippen LogP contribution in [-0.4, -0.2) is 25.7 Å². The Bertz CT molecular complexity index is 205. The maximum Gasteiger partial charge on any atom is 0.193 e. The van der Waals surface area contributed by atoms with Gasteiger partial charge in [0.25, 0.3) is 0 Å². The molecular formula is C3H6N6S. The molecular weight excluding hydrogens is 152 g/mol. The minimum absolute atomic E-state index is 0.227. The molecule has 1 heterocycles. The van der Waals surface area contributed by atoms with Gasteiger partial charge in [0.15, 0.2) is 10.9 Å². The van der Waals surface area contributed by atoms with E-state index in [0.717, 1.165) is 0 Å². The minimum Gasteiger partial charge on any atom is -0.376 e. The summed E-state index contributed by atoms with van der Waals surface area (Å²) in [6.07, 6.45) is 0. The number of nitrogens with zero attached hydrogens (tertiary/aromatic N) is 3. The zero-order chi connectivity index (χ0) is 7.40. The van der Waals surface area contributed by atoms with E-state index in [-0.39, 0.29) is 5.11 Å². The molecule has 1 rings (SSSR count). The summed E-state index contributed by atoms with van der Waals surface area (Å²) in [5.41, 5.74) is 5.14. The molecule has 1 aromatic heterocycles. The van der Waals surface area contributed by atoms with E-state index in [1.807, 2.05) is 0 Å². The molecule has 0 aliphatic carbocycles. The first-order chi connectivity index (χ1) is 4.79. The van der Waals surface area contributed by atoms with Gasteiger partial charge in [-0.15, -0.1) is 10.2 Å². The number of aromatic amines is 1. The molecule has 1 aromatic rings. The molecule has 0 bridgehead atoms. The summed E-state index contributed by atoms with van der Waals surface area (Å²) in [7, 11) is 0. The molecule has 0 atom stereocenters. The fraction of sp³-hybridized carbons (Fsp3) is 0.333. The number of hydrogen-bond donors (Lipinski definition) is 3. The van der Waals surface area contributed by atoms with E-state index in [9.17, 15) is 0 Å². The second-order valence-electron chi connectivity index (χ2n) is 1.55. The topological polar surface area (TPSA) is 92.5 Å². The molecule has 10 heavy (non-hydrogen) atoms. The molecule has 0 aliphatic heterocycles. The Kier molecular flexibility index (Phi) is 2.11. The van der Waals surface area contributed by atoms with Crippen LogP contribution in [0, 0.1) is 0 Å². The summed E-state index contributed by atoms with van der Waals surface area (Å²) in [4.78, 5) is 0. The van der Waals surface area contributed by atoms with E-state index in [4.69, 9.17) is 5.73 Å². The molecule has 0 aliphatic rings. The summed E-state index contributed by atoms with van der Waals surface area (Å²) >= 11 is 4.55. The Labute approximate surface area is 62.2 Å². The van der Waals surface area contributed by atoms with Crippen LogP contribution < -0.4 is 11.1 Å². The largest absolute Gasteiger partial charge is 0.376 e. The quantitative estimate of drug-likeness (QED) is 0.455. The van der Waals surface area contributed by atoms with E-state index in [1.54, 1.807) is 0 Å². The Hall–Kier alpha value is -1.24. The van der Waals surface area contributed by atoms with E-state index in [2.05, 4.69) is 38.2 Å². The van der Waals surface area contributed by atoms with Crippen LogP contribution in [0.15, 0.2) is 0 Å². The molecule has 0 saturated heterocycles. The molecule has 0 saturated carbocycles. The third-order valence-corrected chi connectivity index (χ3v) is 0.954. The highest BCUT2D eigenvalue weighted by molar-refractivity contribution is 7.80. The number of tetrazole rings is 1. The Morgan fingerprint density at radius 3 is 3.10 bits per heavy atom. The van der Waals surface area contributed by atoms with Crippen LogP contribution >= 0.6 is 12.2 Å². The fourth-order valence-corrected chi connectivity index (χ4v) is 0.496. The fourth-order valence-electron chi connectivity index (χ4n) is 0.424. The van der Waals surface area contributed by atoms with Crippen molar-refractivity contribution >= 4 is 17.3 Å². The lowest BCUT2D eigenvalue weighted by molar-refractivity contribution is 0.833. The lowest BCUT2D eigenvalue weighted by Gasteiger charge is -1.96. The molecule has 0 aromatic carbocycles. The van der Waals surface area contributed by atoms with Crippen LogP contribution in [0.2, 0.25) is 0 Å². The molecule has 0 spiro atoms. The molecule has 54 valence electrons. The van der Waals surface area contributed by atoms with Crippen molar-refractivity contribution in [3.63, 3.8) is 0 Å². The second-order valence-corrected chi connectivity index (χ2v) is 1.99. The first-order valence-corrected chi connectivity index (χ1v) is 2.95. The lowest BCUT2D eigenvalue weighted by atomic mass is 10.6. The van der Waals surface area contributed by atoms with Gasteiger partial charge in [-0.2, -0.15) is 5.21 Å². The molecule has 0 unspecified atom stereocenters. The highest BCUT2D eigenvalue weighted by Gasteiger charge is 1.95. The van der Waals surface area contributed by atoms with Crippen molar-refractivity contribution in [2.75, 3.05) is 0 Å². The molecule has 6 nitrogen and oxygen atoms in total. The van der Waals surface area contributed by atoms with E-state index >= 15 is 0 Å². The molecule has 0 radical (unpaired) electrons. The van der Waals surface area contributed by atoms with Crippen molar-refractivity contribution in [2.24, 2.45) is 5.73 Å². The van der Waals surface area contributed by atoms with Gasteiger partial charge in [0, 0.05) is 0 Å². The maximum atomic E-state index is 5.14. The molecule has 0 fully saturated rings. The molecule has 0 amide bonds. The zero-order valence-electron chi connectivity index (χ0n) is 5.03. The third kappa shape index (κ3) is 1.94. The van der Waals surface area contributed by atoms with Crippen LogP contribution in [0.1, 0.15) is 5.82 Å². The highest BCUT2D eigenvalue weighted by atomic mass is 32.1. The van der Waals surface area contributed by atoms with Crippen molar-refractivity contribution in [3.8, 4) is 0 Å². The number of H-pyrrole nitrogens is 1. The summed E-state index contributed by atoms with van der Waals surface area (Å²) < 4.78 is 0. The first kappa shape index (κ1) is 6.87. The van der Waals surface area contributed by atoms with Crippen molar-refractivity contribution < 1.29 is 0 Å². The van der Waals surface area contributed by atoms with Gasteiger partial charge in [0.1, 0.15) is 0 Å². The monoisotopic (exact) mass is 158 g/mol. The van der Waals surface area contributed by atoms with Crippen LogP contribution in [0.4, 0.5) is 0 Å². The van der Waals surface area contributed by atoms with Gasteiger partial charge in [-0.05, 0) is 12.2 Å². The smallest absolute Gasteiger partial charge is 0.193 e. The predicted octanol–water partition coefficient (Wildman–Crippen LogP) is -1.47. The SMILES string of the molecule is NC(=S)NCc1nn[nH]n1. The van der Waals surface area contributed by atoms with Gasteiger partial charge in [0.2, 0.25) is 0 Å². The van der Waals surface area contributed by atoms with Crippen molar-refractivity contribution in [2.45, 2.75) is 6.54 Å². The normalized spacial score (nSPS) is 9.20. The first-order valence-electron chi connectivity index (χ1n) is 2.54. The molecule has 7 heteroatoms. The van der Waals surface area contributed by atoms with Crippen molar-refractivity contribution in [1.82, 2.24) is 25.9 Å². The standard InChI is InChI=1S/C3H6N6S/c4-3(10)5-1-2-6-8-9-7-2/h1H2,(H3,4,5,10)(H,6,7,8,9). The van der Waals surface area contributed by atoms with Gasteiger partial charge in [-0.1, -0.05) is 5.21 Å². The summed E-state index contributed by atoms with van der Waals surface area (Å²) in [5, 5.41) is 15.9. The maximum absolute atomic E-state index is 5.14. The van der Waals surface area contributed by atoms with Crippen LogP contribution in [0.5, 0.6) is 0 Å².